The Hall–Kier alpha value is -1.06. The number of carboxylic acids is 1. The van der Waals surface area contributed by atoms with E-state index >= 15 is 0 Å². The normalized spacial score (nSPS) is 12.7. The van der Waals surface area contributed by atoms with Crippen LogP contribution in [-0.2, 0) is 4.79 Å². The van der Waals surface area contributed by atoms with Crippen molar-refractivity contribution < 1.29 is 9.90 Å². The molecular weight excluding hydrogens is 238 g/mol. The molecule has 1 atom stereocenters. The van der Waals surface area contributed by atoms with Crippen molar-refractivity contribution in [1.29, 1.82) is 0 Å². The maximum absolute atomic E-state index is 10.6. The first-order chi connectivity index (χ1) is 8.04. The maximum atomic E-state index is 10.6. The van der Waals surface area contributed by atoms with Crippen LogP contribution in [0.1, 0.15) is 31.9 Å². The number of aliphatic carboxylic acids is 1. The van der Waals surface area contributed by atoms with E-state index in [0.717, 1.165) is 17.1 Å². The van der Waals surface area contributed by atoms with E-state index in [-0.39, 0.29) is 12.5 Å². The van der Waals surface area contributed by atoms with Gasteiger partial charge in [0, 0.05) is 17.6 Å². The lowest BCUT2D eigenvalue weighted by Crippen LogP contribution is -2.29. The summed E-state index contributed by atoms with van der Waals surface area (Å²) >= 11 is 5.84. The van der Waals surface area contributed by atoms with E-state index in [1.165, 1.54) is 0 Å². The molecule has 94 valence electrons. The predicted molar refractivity (Wildman–Crippen MR) is 69.4 cm³/mol. The molecule has 1 aromatic carbocycles. The molecule has 0 aliphatic rings. The van der Waals surface area contributed by atoms with Crippen LogP contribution in [0.3, 0.4) is 0 Å². The predicted octanol–water partition coefficient (Wildman–Crippen LogP) is 3.20. The molecule has 0 saturated carbocycles. The summed E-state index contributed by atoms with van der Waals surface area (Å²) in [4.78, 5) is 12.7. The Morgan fingerprint density at radius 2 is 2.00 bits per heavy atom. The number of hydrogen-bond acceptors (Lipinski definition) is 2. The fourth-order valence-corrected chi connectivity index (χ4v) is 1.94. The fraction of sp³-hybridized carbons (Fsp3) is 0.462. The average molecular weight is 256 g/mol. The van der Waals surface area contributed by atoms with Gasteiger partial charge in [-0.15, -0.1) is 0 Å². The molecule has 4 heteroatoms. The van der Waals surface area contributed by atoms with Gasteiger partial charge in [-0.3, -0.25) is 9.69 Å². The number of nitrogens with zero attached hydrogens (tertiary/aromatic N) is 1. The molecular formula is C13H18ClNO2. The zero-order valence-corrected chi connectivity index (χ0v) is 10.9. The molecule has 0 fully saturated rings. The highest BCUT2D eigenvalue weighted by Crippen LogP contribution is 2.21. The lowest BCUT2D eigenvalue weighted by atomic mass is 10.1. The van der Waals surface area contributed by atoms with Crippen molar-refractivity contribution in [3.8, 4) is 0 Å². The Morgan fingerprint density at radius 1 is 1.41 bits per heavy atom. The second-order valence-electron chi connectivity index (χ2n) is 4.00. The molecule has 0 radical (unpaired) electrons. The van der Waals surface area contributed by atoms with Crippen molar-refractivity contribution in [3.05, 3.63) is 34.9 Å². The standard InChI is InChI=1S/C13H18ClNO2/c1-3-15(9-8-13(16)17)10(2)11-4-6-12(14)7-5-11/h4-7,10H,3,8-9H2,1-2H3,(H,16,17). The highest BCUT2D eigenvalue weighted by atomic mass is 35.5. The number of rotatable bonds is 6. The minimum atomic E-state index is -0.758. The van der Waals surface area contributed by atoms with Gasteiger partial charge in [-0.2, -0.15) is 0 Å². The van der Waals surface area contributed by atoms with Gasteiger partial charge in [0.05, 0.1) is 6.42 Å². The Balaban J connectivity index is 2.68. The van der Waals surface area contributed by atoms with Crippen LogP contribution in [0.4, 0.5) is 0 Å². The minimum Gasteiger partial charge on any atom is -0.481 e. The van der Waals surface area contributed by atoms with Gasteiger partial charge in [0.2, 0.25) is 0 Å². The molecule has 3 nitrogen and oxygen atoms in total. The van der Waals surface area contributed by atoms with Crippen LogP contribution >= 0.6 is 11.6 Å². The highest BCUT2D eigenvalue weighted by Gasteiger charge is 2.14. The van der Waals surface area contributed by atoms with Crippen LogP contribution in [0.15, 0.2) is 24.3 Å². The third kappa shape index (κ3) is 4.36. The third-order valence-corrected chi connectivity index (χ3v) is 3.17. The van der Waals surface area contributed by atoms with Crippen LogP contribution in [0.5, 0.6) is 0 Å². The van der Waals surface area contributed by atoms with E-state index in [4.69, 9.17) is 16.7 Å². The molecule has 0 aromatic heterocycles. The Kier molecular flexibility index (Phi) is 5.45. The summed E-state index contributed by atoms with van der Waals surface area (Å²) in [6.45, 7) is 5.51. The molecule has 17 heavy (non-hydrogen) atoms. The minimum absolute atomic E-state index is 0.172. The summed E-state index contributed by atoms with van der Waals surface area (Å²) < 4.78 is 0. The lowest BCUT2D eigenvalue weighted by Gasteiger charge is -2.27. The van der Waals surface area contributed by atoms with E-state index in [1.54, 1.807) is 0 Å². The molecule has 0 spiro atoms. The van der Waals surface area contributed by atoms with Crippen molar-refractivity contribution in [3.63, 3.8) is 0 Å². The van der Waals surface area contributed by atoms with Crippen LogP contribution < -0.4 is 0 Å². The first kappa shape index (κ1) is 14.0. The monoisotopic (exact) mass is 255 g/mol. The first-order valence-electron chi connectivity index (χ1n) is 5.76. The maximum Gasteiger partial charge on any atom is 0.304 e. The molecule has 1 N–H and O–H groups in total. The SMILES string of the molecule is CCN(CCC(=O)O)C(C)c1ccc(Cl)cc1. The van der Waals surface area contributed by atoms with E-state index in [1.807, 2.05) is 31.2 Å². The molecule has 1 unspecified atom stereocenters. The average Bonchev–Trinajstić information content (AvgIpc) is 2.30. The quantitative estimate of drug-likeness (QED) is 0.849. The van der Waals surface area contributed by atoms with Gasteiger partial charge < -0.3 is 5.11 Å². The molecule has 1 aromatic rings. The second kappa shape index (κ2) is 6.62. The Labute approximate surface area is 107 Å². The van der Waals surface area contributed by atoms with Gasteiger partial charge in [0.15, 0.2) is 0 Å². The van der Waals surface area contributed by atoms with E-state index in [9.17, 15) is 4.79 Å². The van der Waals surface area contributed by atoms with Gasteiger partial charge in [0.1, 0.15) is 0 Å². The first-order valence-corrected chi connectivity index (χ1v) is 6.13. The summed E-state index contributed by atoms with van der Waals surface area (Å²) in [7, 11) is 0. The number of carboxylic acid groups (broad SMARTS) is 1. The number of hydrogen-bond donors (Lipinski definition) is 1. The van der Waals surface area contributed by atoms with E-state index in [0.29, 0.717) is 6.54 Å². The molecule has 0 amide bonds. The number of benzene rings is 1. The van der Waals surface area contributed by atoms with Crippen LogP contribution in [0.25, 0.3) is 0 Å². The Morgan fingerprint density at radius 3 is 2.47 bits per heavy atom. The lowest BCUT2D eigenvalue weighted by molar-refractivity contribution is -0.137. The number of halogens is 1. The van der Waals surface area contributed by atoms with Crippen molar-refractivity contribution in [2.75, 3.05) is 13.1 Å². The van der Waals surface area contributed by atoms with Crippen LogP contribution in [-0.4, -0.2) is 29.1 Å². The van der Waals surface area contributed by atoms with Gasteiger partial charge in [0.25, 0.3) is 0 Å². The van der Waals surface area contributed by atoms with Crippen LogP contribution in [0, 0.1) is 0 Å². The summed E-state index contributed by atoms with van der Waals surface area (Å²) in [5.74, 6) is -0.758. The molecule has 0 aliphatic heterocycles. The van der Waals surface area contributed by atoms with Gasteiger partial charge in [-0.1, -0.05) is 30.7 Å². The molecule has 0 aliphatic carbocycles. The zero-order chi connectivity index (χ0) is 12.8. The van der Waals surface area contributed by atoms with Crippen molar-refractivity contribution in [2.24, 2.45) is 0 Å². The van der Waals surface area contributed by atoms with Crippen LogP contribution in [0.2, 0.25) is 5.02 Å². The molecule has 0 bridgehead atoms. The summed E-state index contributed by atoms with van der Waals surface area (Å²) in [6.07, 6.45) is 0.172. The summed E-state index contributed by atoms with van der Waals surface area (Å²) in [5.41, 5.74) is 1.15. The van der Waals surface area contributed by atoms with Crippen molar-refractivity contribution in [2.45, 2.75) is 26.3 Å². The fourth-order valence-electron chi connectivity index (χ4n) is 1.82. The van der Waals surface area contributed by atoms with Crippen molar-refractivity contribution >= 4 is 17.6 Å². The van der Waals surface area contributed by atoms with Crippen molar-refractivity contribution in [1.82, 2.24) is 4.90 Å². The number of carbonyl (C=O) groups is 1. The second-order valence-corrected chi connectivity index (χ2v) is 4.44. The highest BCUT2D eigenvalue weighted by molar-refractivity contribution is 6.30. The molecule has 0 heterocycles. The molecule has 1 rings (SSSR count). The summed E-state index contributed by atoms with van der Waals surface area (Å²) in [6, 6.07) is 7.89. The topological polar surface area (TPSA) is 40.5 Å². The van der Waals surface area contributed by atoms with Gasteiger partial charge in [-0.05, 0) is 31.2 Å². The van der Waals surface area contributed by atoms with E-state index in [2.05, 4.69) is 11.8 Å². The molecule has 0 saturated heterocycles. The largest absolute Gasteiger partial charge is 0.481 e. The summed E-state index contributed by atoms with van der Waals surface area (Å²) in [5, 5.41) is 9.42. The zero-order valence-electron chi connectivity index (χ0n) is 10.2. The third-order valence-electron chi connectivity index (χ3n) is 2.92. The smallest absolute Gasteiger partial charge is 0.304 e. The van der Waals surface area contributed by atoms with Gasteiger partial charge >= 0.3 is 5.97 Å². The Bertz CT molecular complexity index is 364. The van der Waals surface area contributed by atoms with E-state index < -0.39 is 5.97 Å². The van der Waals surface area contributed by atoms with Gasteiger partial charge in [-0.25, -0.2) is 0 Å².